The number of hydrogen-bond acceptors (Lipinski definition) is 3. The second-order valence-electron chi connectivity index (χ2n) is 4.24. The van der Waals surface area contributed by atoms with Crippen LogP contribution in [0.5, 0.6) is 11.5 Å². The third kappa shape index (κ3) is 3.26. The molecule has 0 atom stereocenters. The molecule has 0 spiro atoms. The van der Waals surface area contributed by atoms with Crippen LogP contribution in [0.1, 0.15) is 37.6 Å². The van der Waals surface area contributed by atoms with Crippen LogP contribution in [-0.2, 0) is 0 Å². The monoisotopic (exact) mass is 222 g/mol. The highest BCUT2D eigenvalue weighted by molar-refractivity contribution is 5.99. The highest BCUT2D eigenvalue weighted by Gasteiger charge is 2.13. The molecule has 0 aliphatic heterocycles. The summed E-state index contributed by atoms with van der Waals surface area (Å²) in [6, 6.07) is 4.87. The van der Waals surface area contributed by atoms with Gasteiger partial charge in [0.25, 0.3) is 0 Å². The van der Waals surface area contributed by atoms with Crippen molar-refractivity contribution in [2.45, 2.75) is 27.2 Å². The van der Waals surface area contributed by atoms with Gasteiger partial charge in [-0.25, -0.2) is 0 Å². The van der Waals surface area contributed by atoms with Crippen LogP contribution >= 0.6 is 0 Å². The van der Waals surface area contributed by atoms with Crippen molar-refractivity contribution in [1.82, 2.24) is 0 Å². The van der Waals surface area contributed by atoms with E-state index in [-0.39, 0.29) is 17.1 Å². The van der Waals surface area contributed by atoms with Gasteiger partial charge in [-0.05, 0) is 31.4 Å². The molecule has 1 aromatic rings. The first kappa shape index (κ1) is 12.6. The largest absolute Gasteiger partial charge is 0.507 e. The van der Waals surface area contributed by atoms with Crippen LogP contribution in [-0.4, -0.2) is 17.5 Å². The lowest BCUT2D eigenvalue weighted by molar-refractivity contribution is 0.101. The predicted molar refractivity (Wildman–Crippen MR) is 63.1 cm³/mol. The van der Waals surface area contributed by atoms with E-state index in [0.29, 0.717) is 18.3 Å². The quantitative estimate of drug-likeness (QED) is 0.779. The van der Waals surface area contributed by atoms with E-state index in [1.807, 2.05) is 0 Å². The zero-order valence-electron chi connectivity index (χ0n) is 9.99. The van der Waals surface area contributed by atoms with Gasteiger partial charge < -0.3 is 9.84 Å². The number of phenolic OH excluding ortho intramolecular Hbond substituents is 1. The number of hydrogen-bond donors (Lipinski definition) is 1. The summed E-state index contributed by atoms with van der Waals surface area (Å²) in [6.45, 7) is 6.20. The highest BCUT2D eigenvalue weighted by atomic mass is 16.5. The molecule has 0 unspecified atom stereocenters. The van der Waals surface area contributed by atoms with Gasteiger partial charge in [0.15, 0.2) is 5.78 Å². The van der Waals surface area contributed by atoms with Crippen LogP contribution in [0.2, 0.25) is 0 Å². The Balaban J connectivity index is 2.79. The molecular formula is C13H18O3. The molecule has 0 saturated heterocycles. The van der Waals surface area contributed by atoms with Crippen molar-refractivity contribution in [1.29, 1.82) is 0 Å². The maximum atomic E-state index is 11.3. The smallest absolute Gasteiger partial charge is 0.167 e. The third-order valence-corrected chi connectivity index (χ3v) is 2.31. The lowest BCUT2D eigenvalue weighted by atomic mass is 10.1. The average molecular weight is 222 g/mol. The fraction of sp³-hybridized carbons (Fsp3) is 0.462. The number of phenols is 1. The Morgan fingerprint density at radius 3 is 2.69 bits per heavy atom. The number of Topliss-reactive ketones (excluding diaryl/α,β-unsaturated/α-hetero) is 1. The molecule has 0 heterocycles. The van der Waals surface area contributed by atoms with E-state index in [0.717, 1.165) is 6.42 Å². The maximum Gasteiger partial charge on any atom is 0.167 e. The molecule has 0 fully saturated rings. The average Bonchev–Trinajstić information content (AvgIpc) is 2.16. The van der Waals surface area contributed by atoms with E-state index >= 15 is 0 Å². The molecule has 0 amide bonds. The zero-order valence-corrected chi connectivity index (χ0v) is 9.99. The summed E-state index contributed by atoms with van der Waals surface area (Å²) < 4.78 is 5.51. The molecule has 0 aromatic heterocycles. The van der Waals surface area contributed by atoms with Gasteiger partial charge in [0.2, 0.25) is 0 Å². The first-order valence-electron chi connectivity index (χ1n) is 5.48. The molecule has 0 radical (unpaired) electrons. The second-order valence-corrected chi connectivity index (χ2v) is 4.24. The summed E-state index contributed by atoms with van der Waals surface area (Å²) >= 11 is 0. The van der Waals surface area contributed by atoms with Crippen LogP contribution in [0.3, 0.4) is 0 Å². The first-order chi connectivity index (χ1) is 7.52. The lowest BCUT2D eigenvalue weighted by Crippen LogP contribution is -2.05. The number of ketones is 1. The minimum Gasteiger partial charge on any atom is -0.507 e. The van der Waals surface area contributed by atoms with Gasteiger partial charge in [0.1, 0.15) is 17.1 Å². The minimum atomic E-state index is -0.183. The van der Waals surface area contributed by atoms with Gasteiger partial charge in [-0.3, -0.25) is 4.79 Å². The summed E-state index contributed by atoms with van der Waals surface area (Å²) in [5.74, 6) is 0.818. The number of aromatic hydroxyl groups is 1. The van der Waals surface area contributed by atoms with E-state index in [1.165, 1.54) is 13.0 Å². The molecule has 1 rings (SSSR count). The fourth-order valence-electron chi connectivity index (χ4n) is 1.40. The van der Waals surface area contributed by atoms with Gasteiger partial charge in [-0.15, -0.1) is 0 Å². The van der Waals surface area contributed by atoms with Crippen molar-refractivity contribution in [3.8, 4) is 11.5 Å². The van der Waals surface area contributed by atoms with E-state index in [1.54, 1.807) is 12.1 Å². The predicted octanol–water partition coefficient (Wildman–Crippen LogP) is 3.02. The molecule has 1 N–H and O–H groups in total. The number of rotatable bonds is 5. The van der Waals surface area contributed by atoms with Gasteiger partial charge in [0.05, 0.1) is 6.61 Å². The number of carbonyl (C=O) groups is 1. The van der Waals surface area contributed by atoms with Gasteiger partial charge in [-0.2, -0.15) is 0 Å². The van der Waals surface area contributed by atoms with Crippen molar-refractivity contribution >= 4 is 5.78 Å². The van der Waals surface area contributed by atoms with Gasteiger partial charge in [-0.1, -0.05) is 19.9 Å². The van der Waals surface area contributed by atoms with E-state index in [4.69, 9.17) is 4.74 Å². The summed E-state index contributed by atoms with van der Waals surface area (Å²) in [5, 5.41) is 9.57. The van der Waals surface area contributed by atoms with Crippen LogP contribution < -0.4 is 4.74 Å². The van der Waals surface area contributed by atoms with Crippen molar-refractivity contribution in [2.75, 3.05) is 6.61 Å². The second kappa shape index (κ2) is 5.54. The van der Waals surface area contributed by atoms with Gasteiger partial charge in [0, 0.05) is 0 Å². The Labute approximate surface area is 96.1 Å². The fourth-order valence-corrected chi connectivity index (χ4v) is 1.40. The SMILES string of the molecule is CC(=O)c1c(O)cccc1OCCC(C)C. The van der Waals surface area contributed by atoms with Crippen molar-refractivity contribution in [3.63, 3.8) is 0 Å². The topological polar surface area (TPSA) is 46.5 Å². The van der Waals surface area contributed by atoms with Gasteiger partial charge >= 0.3 is 0 Å². The molecular weight excluding hydrogens is 204 g/mol. The Kier molecular flexibility index (Phi) is 4.35. The Bertz CT molecular complexity index is 369. The Morgan fingerprint density at radius 1 is 1.44 bits per heavy atom. The number of benzene rings is 1. The molecule has 0 aliphatic carbocycles. The molecule has 0 bridgehead atoms. The molecule has 0 saturated carbocycles. The zero-order chi connectivity index (χ0) is 12.1. The minimum absolute atomic E-state index is 0.0189. The summed E-state index contributed by atoms with van der Waals surface area (Å²) in [4.78, 5) is 11.3. The molecule has 3 nitrogen and oxygen atoms in total. The summed E-state index contributed by atoms with van der Waals surface area (Å²) in [6.07, 6.45) is 0.924. The van der Waals surface area contributed by atoms with E-state index < -0.39 is 0 Å². The lowest BCUT2D eigenvalue weighted by Gasteiger charge is -2.11. The molecule has 1 aromatic carbocycles. The highest BCUT2D eigenvalue weighted by Crippen LogP contribution is 2.28. The molecule has 3 heteroatoms. The third-order valence-electron chi connectivity index (χ3n) is 2.31. The van der Waals surface area contributed by atoms with E-state index in [2.05, 4.69) is 13.8 Å². The Morgan fingerprint density at radius 2 is 2.12 bits per heavy atom. The van der Waals surface area contributed by atoms with Crippen LogP contribution in [0.25, 0.3) is 0 Å². The molecule has 0 aliphatic rings. The number of ether oxygens (including phenoxy) is 1. The van der Waals surface area contributed by atoms with Crippen molar-refractivity contribution in [2.24, 2.45) is 5.92 Å². The van der Waals surface area contributed by atoms with Crippen molar-refractivity contribution in [3.05, 3.63) is 23.8 Å². The maximum absolute atomic E-state index is 11.3. The van der Waals surface area contributed by atoms with Crippen LogP contribution in [0.15, 0.2) is 18.2 Å². The van der Waals surface area contributed by atoms with Crippen molar-refractivity contribution < 1.29 is 14.6 Å². The number of carbonyl (C=O) groups excluding carboxylic acids is 1. The van der Waals surface area contributed by atoms with E-state index in [9.17, 15) is 9.90 Å². The van der Waals surface area contributed by atoms with Crippen LogP contribution in [0, 0.1) is 5.92 Å². The summed E-state index contributed by atoms with van der Waals surface area (Å²) in [7, 11) is 0. The molecule has 16 heavy (non-hydrogen) atoms. The van der Waals surface area contributed by atoms with Crippen LogP contribution in [0.4, 0.5) is 0 Å². The standard InChI is InChI=1S/C13H18O3/c1-9(2)7-8-16-12-6-4-5-11(15)13(12)10(3)14/h4-6,9,15H,7-8H2,1-3H3. The molecule has 88 valence electrons. The Hall–Kier alpha value is -1.51. The normalized spacial score (nSPS) is 10.5. The first-order valence-corrected chi connectivity index (χ1v) is 5.48. The summed E-state index contributed by atoms with van der Waals surface area (Å²) in [5.41, 5.74) is 0.270.